The maximum Gasteiger partial charge on any atom is 0.387 e. The molecule has 168 valence electrons. The zero-order valence-corrected chi connectivity index (χ0v) is 19.0. The van der Waals surface area contributed by atoms with Crippen LogP contribution in [0.2, 0.25) is 0 Å². The van der Waals surface area contributed by atoms with Crippen molar-refractivity contribution in [2.75, 3.05) is 11.5 Å². The molecule has 0 radical (unpaired) electrons. The number of nitrogens with zero attached hydrogens (tertiary/aromatic N) is 2. The number of nitrogens with one attached hydrogen (secondary N) is 1. The van der Waals surface area contributed by atoms with Crippen molar-refractivity contribution in [1.82, 2.24) is 15.1 Å². The molecule has 2 aliphatic rings. The average molecular weight is 450 g/mol. The van der Waals surface area contributed by atoms with Gasteiger partial charge in [-0.2, -0.15) is 25.6 Å². The molecule has 1 aromatic carbocycles. The van der Waals surface area contributed by atoms with E-state index in [1.165, 1.54) is 6.07 Å². The summed E-state index contributed by atoms with van der Waals surface area (Å²) in [6.07, 6.45) is 3.14. The van der Waals surface area contributed by atoms with Crippen molar-refractivity contribution >= 4 is 17.7 Å². The fourth-order valence-electron chi connectivity index (χ4n) is 4.50. The molecular formula is C23H29F2N3O2S. The lowest BCUT2D eigenvalue weighted by molar-refractivity contribution is -0.126. The van der Waals surface area contributed by atoms with Crippen molar-refractivity contribution in [2.45, 2.75) is 64.6 Å². The number of thioether (sulfide) groups is 1. The fourth-order valence-corrected chi connectivity index (χ4v) is 5.91. The van der Waals surface area contributed by atoms with Gasteiger partial charge in [0, 0.05) is 46.5 Å². The molecular weight excluding hydrogens is 420 g/mol. The van der Waals surface area contributed by atoms with Crippen LogP contribution >= 0.6 is 11.8 Å². The van der Waals surface area contributed by atoms with Gasteiger partial charge in [0.05, 0.1) is 5.69 Å². The molecule has 1 saturated heterocycles. The molecule has 31 heavy (non-hydrogen) atoms. The molecule has 2 aromatic rings. The van der Waals surface area contributed by atoms with Crippen LogP contribution in [0, 0.1) is 5.92 Å². The Kier molecular flexibility index (Phi) is 6.28. The first-order chi connectivity index (χ1) is 14.8. The van der Waals surface area contributed by atoms with Gasteiger partial charge in [0.1, 0.15) is 5.75 Å². The predicted octanol–water partition coefficient (Wildman–Crippen LogP) is 4.85. The number of fused-ring (bicyclic) bond motifs is 1. The molecule has 1 fully saturated rings. The number of halogens is 2. The first-order valence-electron chi connectivity index (χ1n) is 10.8. The summed E-state index contributed by atoms with van der Waals surface area (Å²) in [7, 11) is 0. The van der Waals surface area contributed by atoms with Gasteiger partial charge in [-0.3, -0.25) is 9.48 Å². The minimum Gasteiger partial charge on any atom is -0.435 e. The molecule has 1 amide bonds. The van der Waals surface area contributed by atoms with Crippen molar-refractivity contribution in [3.63, 3.8) is 0 Å². The van der Waals surface area contributed by atoms with Crippen LogP contribution in [0.3, 0.4) is 0 Å². The molecule has 0 spiro atoms. The fraction of sp³-hybridized carbons (Fsp3) is 0.565. The maximum absolute atomic E-state index is 13.0. The van der Waals surface area contributed by atoms with Crippen molar-refractivity contribution < 1.29 is 18.3 Å². The van der Waals surface area contributed by atoms with Gasteiger partial charge in [-0.1, -0.05) is 12.1 Å². The third-order valence-electron chi connectivity index (χ3n) is 6.14. The van der Waals surface area contributed by atoms with Gasteiger partial charge in [-0.25, -0.2) is 0 Å². The second-order valence-electron chi connectivity index (χ2n) is 9.01. The second-order valence-corrected chi connectivity index (χ2v) is 10.1. The highest BCUT2D eigenvalue weighted by molar-refractivity contribution is 7.99. The van der Waals surface area contributed by atoms with E-state index in [0.717, 1.165) is 53.3 Å². The minimum absolute atomic E-state index is 0.0783. The van der Waals surface area contributed by atoms with Gasteiger partial charge in [-0.05, 0) is 57.9 Å². The van der Waals surface area contributed by atoms with Crippen molar-refractivity contribution in [3.05, 3.63) is 35.5 Å². The standard InChI is InChI=1S/C23H29F2N3O2S/c1-14(2)28-19-12-16(21(29)26-23(3)9-10-31-13-23)7-8-18(19)20(27-28)15-5-4-6-17(11-15)30-22(24)25/h4-6,11,14,16,22H,7-10,12-13H2,1-3H3,(H,26,29). The van der Waals surface area contributed by atoms with E-state index < -0.39 is 6.61 Å². The average Bonchev–Trinajstić information content (AvgIpc) is 3.31. The van der Waals surface area contributed by atoms with Crippen LogP contribution in [0.5, 0.6) is 5.75 Å². The van der Waals surface area contributed by atoms with E-state index in [9.17, 15) is 13.6 Å². The van der Waals surface area contributed by atoms with E-state index in [4.69, 9.17) is 5.10 Å². The third kappa shape index (κ3) is 4.73. The van der Waals surface area contributed by atoms with E-state index in [1.54, 1.807) is 12.1 Å². The number of hydrogen-bond acceptors (Lipinski definition) is 4. The van der Waals surface area contributed by atoms with Crippen molar-refractivity contribution in [1.29, 1.82) is 0 Å². The normalized spacial score (nSPS) is 23.3. The van der Waals surface area contributed by atoms with Gasteiger partial charge in [-0.15, -0.1) is 0 Å². The van der Waals surface area contributed by atoms with E-state index in [1.807, 2.05) is 22.5 Å². The summed E-state index contributed by atoms with van der Waals surface area (Å²) in [6.45, 7) is 3.39. The Morgan fingerprint density at radius 2 is 2.19 bits per heavy atom. The summed E-state index contributed by atoms with van der Waals surface area (Å²) in [6, 6.07) is 6.82. The molecule has 1 aromatic heterocycles. The topological polar surface area (TPSA) is 56.2 Å². The molecule has 2 unspecified atom stereocenters. The largest absolute Gasteiger partial charge is 0.435 e. The van der Waals surface area contributed by atoms with E-state index >= 15 is 0 Å². The Labute approximate surface area is 185 Å². The number of benzene rings is 1. The van der Waals surface area contributed by atoms with Crippen LogP contribution in [0.25, 0.3) is 11.3 Å². The first kappa shape index (κ1) is 22.1. The van der Waals surface area contributed by atoms with Gasteiger partial charge in [0.25, 0.3) is 0 Å². The van der Waals surface area contributed by atoms with Crippen molar-refractivity contribution in [2.24, 2.45) is 5.92 Å². The Hall–Kier alpha value is -2.09. The molecule has 2 heterocycles. The van der Waals surface area contributed by atoms with Crippen LogP contribution in [0.15, 0.2) is 24.3 Å². The summed E-state index contributed by atoms with van der Waals surface area (Å²) in [5.41, 5.74) is 3.61. The lowest BCUT2D eigenvalue weighted by atomic mass is 9.84. The maximum atomic E-state index is 13.0. The molecule has 2 atom stereocenters. The summed E-state index contributed by atoms with van der Waals surface area (Å²) >= 11 is 1.88. The predicted molar refractivity (Wildman–Crippen MR) is 119 cm³/mol. The highest BCUT2D eigenvalue weighted by Crippen LogP contribution is 2.36. The molecule has 8 heteroatoms. The number of carbonyl (C=O) groups excluding carboxylic acids is 1. The molecule has 4 rings (SSSR count). The summed E-state index contributed by atoms with van der Waals surface area (Å²) < 4.78 is 31.9. The number of hydrogen-bond donors (Lipinski definition) is 1. The highest BCUT2D eigenvalue weighted by Gasteiger charge is 2.36. The molecule has 1 aliphatic carbocycles. The van der Waals surface area contributed by atoms with Gasteiger partial charge in [0.2, 0.25) is 5.91 Å². The van der Waals surface area contributed by atoms with E-state index in [0.29, 0.717) is 6.42 Å². The summed E-state index contributed by atoms with van der Waals surface area (Å²) in [5, 5.41) is 8.12. The number of ether oxygens (including phenoxy) is 1. The van der Waals surface area contributed by atoms with E-state index in [-0.39, 0.29) is 29.2 Å². The Bertz CT molecular complexity index is 954. The van der Waals surface area contributed by atoms with Gasteiger partial charge < -0.3 is 10.1 Å². The first-order valence-corrected chi connectivity index (χ1v) is 12.0. The van der Waals surface area contributed by atoms with Crippen LogP contribution < -0.4 is 10.1 Å². The Morgan fingerprint density at radius 1 is 1.39 bits per heavy atom. The quantitative estimate of drug-likeness (QED) is 0.685. The monoisotopic (exact) mass is 449 g/mol. The zero-order valence-electron chi connectivity index (χ0n) is 18.2. The lowest BCUT2D eigenvalue weighted by Crippen LogP contribution is -2.49. The number of carbonyl (C=O) groups is 1. The summed E-state index contributed by atoms with van der Waals surface area (Å²) in [4.78, 5) is 13.0. The number of amides is 1. The second kappa shape index (κ2) is 8.81. The van der Waals surface area contributed by atoms with Crippen LogP contribution in [-0.2, 0) is 17.6 Å². The van der Waals surface area contributed by atoms with Crippen LogP contribution in [0.1, 0.15) is 50.9 Å². The Morgan fingerprint density at radius 3 is 2.87 bits per heavy atom. The van der Waals surface area contributed by atoms with Crippen molar-refractivity contribution in [3.8, 4) is 17.0 Å². The SMILES string of the molecule is CC(C)n1nc(-c2cccc(OC(F)F)c2)c2c1CC(C(=O)NC1(C)CCSC1)CC2. The molecule has 1 aliphatic heterocycles. The zero-order chi connectivity index (χ0) is 22.2. The summed E-state index contributed by atoms with van der Waals surface area (Å²) in [5.74, 6) is 2.22. The number of rotatable bonds is 6. The molecule has 5 nitrogen and oxygen atoms in total. The number of aromatic nitrogens is 2. The van der Waals surface area contributed by atoms with Crippen LogP contribution in [0.4, 0.5) is 8.78 Å². The van der Waals surface area contributed by atoms with Crippen LogP contribution in [-0.4, -0.2) is 39.3 Å². The third-order valence-corrected chi connectivity index (χ3v) is 7.47. The molecule has 1 N–H and O–H groups in total. The molecule has 0 saturated carbocycles. The van der Waals surface area contributed by atoms with Gasteiger partial charge >= 0.3 is 6.61 Å². The number of alkyl halides is 2. The smallest absolute Gasteiger partial charge is 0.387 e. The highest BCUT2D eigenvalue weighted by atomic mass is 32.2. The minimum atomic E-state index is -2.86. The van der Waals surface area contributed by atoms with E-state index in [2.05, 4.69) is 30.8 Å². The lowest BCUT2D eigenvalue weighted by Gasteiger charge is -2.30. The van der Waals surface area contributed by atoms with Gasteiger partial charge in [0.15, 0.2) is 0 Å². The Balaban J connectivity index is 1.61. The molecule has 0 bridgehead atoms.